The first-order chi connectivity index (χ1) is 11.0. The Morgan fingerprint density at radius 1 is 1.04 bits per heavy atom. The van der Waals surface area contributed by atoms with Gasteiger partial charge in [0.15, 0.2) is 5.75 Å². The number of hydrogen-bond acceptors (Lipinski definition) is 4. The molecule has 3 rings (SSSR count). The quantitative estimate of drug-likeness (QED) is 0.622. The Hall–Kier alpha value is -2.47. The van der Waals surface area contributed by atoms with Crippen molar-refractivity contribution in [3.05, 3.63) is 52.1 Å². The molecule has 0 amide bonds. The Bertz CT molecular complexity index is 874. The molecule has 6 heteroatoms. The lowest BCUT2D eigenvalue weighted by atomic mass is 10.1. The van der Waals surface area contributed by atoms with E-state index in [0.717, 1.165) is 5.56 Å². The highest BCUT2D eigenvalue weighted by atomic mass is 79.9. The van der Waals surface area contributed by atoms with Crippen LogP contribution in [-0.4, -0.2) is 20.4 Å². The van der Waals surface area contributed by atoms with Gasteiger partial charge in [-0.2, -0.15) is 5.10 Å². The summed E-state index contributed by atoms with van der Waals surface area (Å²) in [7, 11) is 0. The Balaban J connectivity index is 2.00. The number of benzene rings is 2. The van der Waals surface area contributed by atoms with E-state index >= 15 is 0 Å². The second-order valence-electron chi connectivity index (χ2n) is 5.28. The summed E-state index contributed by atoms with van der Waals surface area (Å²) in [4.78, 5) is 0. The van der Waals surface area contributed by atoms with E-state index < -0.39 is 0 Å². The van der Waals surface area contributed by atoms with Gasteiger partial charge in [0.25, 0.3) is 0 Å². The van der Waals surface area contributed by atoms with Gasteiger partial charge in [-0.1, -0.05) is 6.07 Å². The van der Waals surface area contributed by atoms with Gasteiger partial charge in [-0.05, 0) is 59.1 Å². The maximum Gasteiger partial charge on any atom is 0.173 e. The minimum atomic E-state index is -0.0695. The largest absolute Gasteiger partial charge is 0.507 e. The van der Waals surface area contributed by atoms with Crippen LogP contribution in [0.2, 0.25) is 0 Å². The molecule has 0 unspecified atom stereocenters. The predicted molar refractivity (Wildman–Crippen MR) is 91.0 cm³/mol. The Morgan fingerprint density at radius 2 is 1.83 bits per heavy atom. The van der Waals surface area contributed by atoms with E-state index in [0.29, 0.717) is 27.2 Å². The number of aromatic amines is 1. The van der Waals surface area contributed by atoms with Crippen LogP contribution in [0.1, 0.15) is 11.1 Å². The second kappa shape index (κ2) is 5.96. The molecule has 0 spiro atoms. The summed E-state index contributed by atoms with van der Waals surface area (Å²) in [5.74, 6) is 1.07. The third-order valence-corrected chi connectivity index (χ3v) is 4.28. The number of aryl methyl sites for hydroxylation is 2. The fourth-order valence-corrected chi connectivity index (χ4v) is 2.54. The third kappa shape index (κ3) is 3.03. The lowest BCUT2D eigenvalue weighted by molar-refractivity contribution is 0.448. The molecular weight excluding hydrogens is 360 g/mol. The highest BCUT2D eigenvalue weighted by molar-refractivity contribution is 9.10. The molecule has 2 aromatic carbocycles. The number of rotatable bonds is 3. The van der Waals surface area contributed by atoms with Crippen molar-refractivity contribution in [1.82, 2.24) is 10.2 Å². The van der Waals surface area contributed by atoms with Crippen LogP contribution < -0.4 is 4.74 Å². The predicted octanol–water partition coefficient (Wildman–Crippen LogP) is 4.66. The van der Waals surface area contributed by atoms with Crippen LogP contribution in [0.5, 0.6) is 23.0 Å². The van der Waals surface area contributed by atoms with Crippen molar-refractivity contribution in [2.24, 2.45) is 0 Å². The Kier molecular flexibility index (Phi) is 4.00. The monoisotopic (exact) mass is 374 g/mol. The number of phenols is 2. The molecule has 1 aromatic heterocycles. The van der Waals surface area contributed by atoms with Crippen LogP contribution in [0.15, 0.2) is 41.0 Å². The lowest BCUT2D eigenvalue weighted by Crippen LogP contribution is -1.89. The molecule has 5 nitrogen and oxygen atoms in total. The van der Waals surface area contributed by atoms with E-state index in [1.165, 1.54) is 11.6 Å². The maximum absolute atomic E-state index is 10.1. The van der Waals surface area contributed by atoms with Crippen LogP contribution in [0, 0.1) is 13.8 Å². The molecule has 0 atom stereocenters. The van der Waals surface area contributed by atoms with Crippen molar-refractivity contribution in [2.45, 2.75) is 13.8 Å². The molecule has 0 saturated carbocycles. The van der Waals surface area contributed by atoms with Gasteiger partial charge in [0, 0.05) is 11.6 Å². The van der Waals surface area contributed by atoms with Gasteiger partial charge >= 0.3 is 0 Å². The van der Waals surface area contributed by atoms with Crippen LogP contribution in [0.3, 0.4) is 0 Å². The fraction of sp³-hybridized carbons (Fsp3) is 0.118. The van der Waals surface area contributed by atoms with Crippen molar-refractivity contribution >= 4 is 15.9 Å². The highest BCUT2D eigenvalue weighted by Gasteiger charge is 2.16. The molecule has 0 aliphatic rings. The van der Waals surface area contributed by atoms with Crippen molar-refractivity contribution in [2.75, 3.05) is 0 Å². The summed E-state index contributed by atoms with van der Waals surface area (Å²) < 4.78 is 6.35. The number of phenolic OH excluding ortho intramolecular Hbond substituents is 2. The van der Waals surface area contributed by atoms with Crippen molar-refractivity contribution in [3.63, 3.8) is 0 Å². The molecule has 1 heterocycles. The number of aromatic nitrogens is 2. The Morgan fingerprint density at radius 3 is 2.57 bits per heavy atom. The number of nitrogens with one attached hydrogen (secondary N) is 1. The van der Waals surface area contributed by atoms with Gasteiger partial charge < -0.3 is 14.9 Å². The fourth-order valence-electron chi connectivity index (χ4n) is 2.20. The second-order valence-corrected chi connectivity index (χ2v) is 6.13. The minimum absolute atomic E-state index is 0.0395. The van der Waals surface area contributed by atoms with Crippen LogP contribution in [-0.2, 0) is 0 Å². The van der Waals surface area contributed by atoms with E-state index in [-0.39, 0.29) is 11.5 Å². The molecule has 0 fully saturated rings. The summed E-state index contributed by atoms with van der Waals surface area (Å²) in [5, 5.41) is 26.5. The van der Waals surface area contributed by atoms with E-state index in [1.54, 1.807) is 12.3 Å². The molecule has 118 valence electrons. The molecule has 3 aromatic rings. The van der Waals surface area contributed by atoms with E-state index in [4.69, 9.17) is 4.74 Å². The molecular formula is C17H15BrN2O3. The molecule has 0 saturated heterocycles. The summed E-state index contributed by atoms with van der Waals surface area (Å²) in [6.45, 7) is 4.05. The van der Waals surface area contributed by atoms with Gasteiger partial charge in [-0.25, -0.2) is 0 Å². The van der Waals surface area contributed by atoms with Gasteiger partial charge in [0.2, 0.25) is 0 Å². The minimum Gasteiger partial charge on any atom is -0.507 e. The number of ether oxygens (including phenoxy) is 1. The lowest BCUT2D eigenvalue weighted by Gasteiger charge is -2.10. The standard InChI is InChI=1S/C17H15BrN2O3/c1-9-3-4-11(5-10(9)2)23-16-8-19-20-17(16)12-6-13(18)15(22)7-14(12)21/h3-8,21-22H,1-2H3,(H,19,20). The third-order valence-electron chi connectivity index (χ3n) is 3.65. The smallest absolute Gasteiger partial charge is 0.173 e. The zero-order valence-corrected chi connectivity index (χ0v) is 14.2. The molecule has 3 N–H and O–H groups in total. The summed E-state index contributed by atoms with van der Waals surface area (Å²) >= 11 is 3.24. The molecule has 0 radical (unpaired) electrons. The first-order valence-electron chi connectivity index (χ1n) is 6.96. The SMILES string of the molecule is Cc1ccc(Oc2cn[nH]c2-c2cc(Br)c(O)cc2O)cc1C. The van der Waals surface area contributed by atoms with Crippen molar-refractivity contribution in [1.29, 1.82) is 0 Å². The van der Waals surface area contributed by atoms with Gasteiger partial charge in [-0.3, -0.25) is 5.10 Å². The summed E-state index contributed by atoms with van der Waals surface area (Å²) in [6.07, 6.45) is 1.55. The zero-order valence-electron chi connectivity index (χ0n) is 12.6. The first kappa shape index (κ1) is 15.4. The van der Waals surface area contributed by atoms with Crippen LogP contribution in [0.4, 0.5) is 0 Å². The topological polar surface area (TPSA) is 78.4 Å². The van der Waals surface area contributed by atoms with Crippen LogP contribution >= 0.6 is 15.9 Å². The highest BCUT2D eigenvalue weighted by Crippen LogP contribution is 2.41. The average Bonchev–Trinajstić information content (AvgIpc) is 2.95. The first-order valence-corrected chi connectivity index (χ1v) is 7.75. The molecule has 0 bridgehead atoms. The molecule has 0 aliphatic heterocycles. The molecule has 23 heavy (non-hydrogen) atoms. The van der Waals surface area contributed by atoms with E-state index in [1.807, 2.05) is 32.0 Å². The van der Waals surface area contributed by atoms with Crippen LogP contribution in [0.25, 0.3) is 11.3 Å². The number of aromatic hydroxyl groups is 2. The van der Waals surface area contributed by atoms with Crippen molar-refractivity contribution < 1.29 is 14.9 Å². The average molecular weight is 375 g/mol. The number of halogens is 1. The number of nitrogens with zero attached hydrogens (tertiary/aromatic N) is 1. The van der Waals surface area contributed by atoms with Crippen molar-refractivity contribution in [3.8, 4) is 34.3 Å². The van der Waals surface area contributed by atoms with Gasteiger partial charge in [0.1, 0.15) is 22.9 Å². The van der Waals surface area contributed by atoms with E-state index in [9.17, 15) is 10.2 Å². The summed E-state index contributed by atoms with van der Waals surface area (Å²) in [5.41, 5.74) is 3.32. The Labute approximate surface area is 141 Å². The maximum atomic E-state index is 10.1. The number of hydrogen-bond donors (Lipinski definition) is 3. The summed E-state index contributed by atoms with van der Waals surface area (Å²) in [6, 6.07) is 8.68. The van der Waals surface area contributed by atoms with E-state index in [2.05, 4.69) is 26.1 Å². The van der Waals surface area contributed by atoms with Gasteiger partial charge in [0.05, 0.1) is 10.7 Å². The number of H-pyrrole nitrogens is 1. The zero-order chi connectivity index (χ0) is 16.6. The molecule has 0 aliphatic carbocycles. The van der Waals surface area contributed by atoms with Gasteiger partial charge in [-0.15, -0.1) is 0 Å². The normalized spacial score (nSPS) is 10.7.